The summed E-state index contributed by atoms with van der Waals surface area (Å²) in [5, 5.41) is 19.8. The molecule has 29 heavy (non-hydrogen) atoms. The van der Waals surface area contributed by atoms with Crippen molar-refractivity contribution in [2.45, 2.75) is 6.42 Å². The molecule has 0 radical (unpaired) electrons. The number of allylic oxidation sites excluding steroid dienone is 1. The van der Waals surface area contributed by atoms with Crippen molar-refractivity contribution in [2.24, 2.45) is 0 Å². The molecule has 0 heterocycles. The molecule has 2 aromatic rings. The Labute approximate surface area is 211 Å². The second-order valence-electron chi connectivity index (χ2n) is 5.80. The summed E-state index contributed by atoms with van der Waals surface area (Å²) in [6, 6.07) is 8.75. The summed E-state index contributed by atoms with van der Waals surface area (Å²) in [4.78, 5) is 12.3. The number of aromatic hydroxyl groups is 2. The van der Waals surface area contributed by atoms with Crippen LogP contribution < -0.4 is 9.47 Å². The number of ketones is 1. The summed E-state index contributed by atoms with van der Waals surface area (Å²) < 4.78 is 40.1. The summed E-state index contributed by atoms with van der Waals surface area (Å²) >= 11 is 0. The molecule has 0 unspecified atom stereocenters. The first-order chi connectivity index (χ1) is 13.2. The Morgan fingerprint density at radius 2 is 1.83 bits per heavy atom. The SMILES string of the molecule is COc1ccc(C=CC(=O)c2ccc(OCCCS(=O)(=O)O)cc2O)cc1O.[KH]. The Morgan fingerprint density at radius 3 is 2.41 bits per heavy atom. The van der Waals surface area contributed by atoms with Crippen LogP contribution in [0.4, 0.5) is 0 Å². The van der Waals surface area contributed by atoms with Gasteiger partial charge in [0.2, 0.25) is 0 Å². The van der Waals surface area contributed by atoms with Gasteiger partial charge in [-0.15, -0.1) is 0 Å². The summed E-state index contributed by atoms with van der Waals surface area (Å²) in [6.07, 6.45) is 2.82. The molecule has 0 saturated heterocycles. The van der Waals surface area contributed by atoms with E-state index in [0.29, 0.717) is 11.3 Å². The fraction of sp³-hybridized carbons (Fsp3) is 0.211. The van der Waals surface area contributed by atoms with E-state index in [1.807, 2.05) is 0 Å². The third-order valence-corrected chi connectivity index (χ3v) is 4.48. The Balaban J connectivity index is 0.00000420. The van der Waals surface area contributed by atoms with Crippen LogP contribution in [0.2, 0.25) is 0 Å². The number of ether oxygens (including phenoxy) is 2. The van der Waals surface area contributed by atoms with Crippen LogP contribution in [0.15, 0.2) is 42.5 Å². The first-order valence-corrected chi connectivity index (χ1v) is 9.81. The number of carbonyl (C=O) groups excluding carboxylic acids is 1. The first kappa shape index (κ1) is 25.6. The van der Waals surface area contributed by atoms with Gasteiger partial charge in [-0.2, -0.15) is 8.42 Å². The van der Waals surface area contributed by atoms with Crippen molar-refractivity contribution in [3.63, 3.8) is 0 Å². The number of hydrogen-bond donors (Lipinski definition) is 3. The molecule has 0 bridgehead atoms. The Kier molecular flexibility index (Phi) is 10.3. The average Bonchev–Trinajstić information content (AvgIpc) is 2.63. The van der Waals surface area contributed by atoms with E-state index in [0.717, 1.165) is 0 Å². The van der Waals surface area contributed by atoms with E-state index in [4.69, 9.17) is 14.0 Å². The van der Waals surface area contributed by atoms with Crippen LogP contribution in [-0.2, 0) is 10.1 Å². The van der Waals surface area contributed by atoms with E-state index < -0.39 is 21.7 Å². The molecule has 2 aromatic carbocycles. The van der Waals surface area contributed by atoms with Gasteiger partial charge in [-0.05, 0) is 42.3 Å². The van der Waals surface area contributed by atoms with Crippen LogP contribution in [0.3, 0.4) is 0 Å². The fourth-order valence-corrected chi connectivity index (χ4v) is 2.80. The maximum atomic E-state index is 12.3. The second kappa shape index (κ2) is 11.7. The molecule has 0 saturated carbocycles. The number of phenols is 2. The van der Waals surface area contributed by atoms with Gasteiger partial charge in [0.05, 0.1) is 25.0 Å². The van der Waals surface area contributed by atoms with Crippen molar-refractivity contribution in [3.05, 3.63) is 53.6 Å². The van der Waals surface area contributed by atoms with E-state index in [-0.39, 0.29) is 87.2 Å². The third-order valence-electron chi connectivity index (χ3n) is 3.68. The summed E-state index contributed by atoms with van der Waals surface area (Å²) in [6.45, 7) is 0.0212. The minimum atomic E-state index is -4.04. The van der Waals surface area contributed by atoms with Gasteiger partial charge in [-0.25, -0.2) is 0 Å². The molecule has 0 fully saturated rings. The number of phenolic OH excluding ortho intramolecular Hbond substituents is 2. The molecule has 0 spiro atoms. The van der Waals surface area contributed by atoms with Gasteiger partial charge in [0, 0.05) is 6.07 Å². The summed E-state index contributed by atoms with van der Waals surface area (Å²) in [7, 11) is -2.62. The van der Waals surface area contributed by atoms with E-state index in [1.165, 1.54) is 43.5 Å². The second-order valence-corrected chi connectivity index (χ2v) is 7.37. The molecule has 10 heteroatoms. The van der Waals surface area contributed by atoms with Crippen molar-refractivity contribution >= 4 is 73.4 Å². The Morgan fingerprint density at radius 1 is 1.10 bits per heavy atom. The van der Waals surface area contributed by atoms with Gasteiger partial charge in [-0.1, -0.05) is 12.1 Å². The van der Waals surface area contributed by atoms with Crippen molar-refractivity contribution in [2.75, 3.05) is 19.5 Å². The monoisotopic (exact) mass is 448 g/mol. The van der Waals surface area contributed by atoms with E-state index in [1.54, 1.807) is 12.1 Å². The summed E-state index contributed by atoms with van der Waals surface area (Å²) in [5.41, 5.74) is 0.629. The van der Waals surface area contributed by atoms with Crippen molar-refractivity contribution in [1.29, 1.82) is 0 Å². The topological polar surface area (TPSA) is 130 Å². The normalized spacial score (nSPS) is 11.1. The number of hydrogen-bond acceptors (Lipinski definition) is 7. The first-order valence-electron chi connectivity index (χ1n) is 8.20. The van der Waals surface area contributed by atoms with E-state index >= 15 is 0 Å². The molecule has 0 aliphatic heterocycles. The zero-order chi connectivity index (χ0) is 20.7. The molecule has 0 aliphatic carbocycles. The zero-order valence-electron chi connectivity index (χ0n) is 15.0. The van der Waals surface area contributed by atoms with E-state index in [2.05, 4.69) is 0 Å². The maximum absolute atomic E-state index is 12.3. The van der Waals surface area contributed by atoms with Gasteiger partial charge in [-0.3, -0.25) is 9.35 Å². The molecular formula is C19H21KO8S. The van der Waals surface area contributed by atoms with Crippen LogP contribution in [0.1, 0.15) is 22.3 Å². The van der Waals surface area contributed by atoms with E-state index in [9.17, 15) is 23.4 Å². The Bertz CT molecular complexity index is 986. The van der Waals surface area contributed by atoms with Crippen molar-refractivity contribution < 1.29 is 37.5 Å². The van der Waals surface area contributed by atoms with Crippen LogP contribution in [0, 0.1) is 0 Å². The number of methoxy groups -OCH3 is 1. The zero-order valence-corrected chi connectivity index (χ0v) is 15.8. The molecule has 8 nitrogen and oxygen atoms in total. The predicted molar refractivity (Wildman–Crippen MR) is 110 cm³/mol. The van der Waals surface area contributed by atoms with Crippen LogP contribution in [0.25, 0.3) is 6.08 Å². The molecule has 0 aromatic heterocycles. The van der Waals surface area contributed by atoms with Crippen molar-refractivity contribution in [3.8, 4) is 23.0 Å². The van der Waals surface area contributed by atoms with Crippen LogP contribution in [0.5, 0.6) is 23.0 Å². The molecule has 0 aliphatic rings. The third kappa shape index (κ3) is 8.47. The number of carbonyl (C=O) groups is 1. The standard InChI is InChI=1S/C19H20O8S.K.H/c1-26-19-8-4-13(11-18(19)22)3-7-16(20)15-6-5-14(12-17(15)21)27-9-2-10-28(23,24)25;;/h3-8,11-12,21-22H,2,9-10H2,1H3,(H,23,24,25);;. The van der Waals surface area contributed by atoms with Crippen LogP contribution in [-0.4, -0.2) is 99.8 Å². The Hall–Kier alpha value is -1.40. The molecule has 0 atom stereocenters. The van der Waals surface area contributed by atoms with Gasteiger partial charge in [0.15, 0.2) is 17.3 Å². The molecule has 152 valence electrons. The molecule has 2 rings (SSSR count). The van der Waals surface area contributed by atoms with Crippen LogP contribution >= 0.6 is 0 Å². The van der Waals surface area contributed by atoms with Gasteiger partial charge >= 0.3 is 51.4 Å². The van der Waals surface area contributed by atoms with Gasteiger partial charge < -0.3 is 19.7 Å². The molecular weight excluding hydrogens is 427 g/mol. The predicted octanol–water partition coefficient (Wildman–Crippen LogP) is 2.01. The number of rotatable bonds is 9. The van der Waals surface area contributed by atoms with Crippen molar-refractivity contribution in [1.82, 2.24) is 0 Å². The van der Waals surface area contributed by atoms with Gasteiger partial charge in [0.25, 0.3) is 10.1 Å². The molecule has 3 N–H and O–H groups in total. The quantitative estimate of drug-likeness (QED) is 0.175. The molecule has 0 amide bonds. The number of benzene rings is 2. The fourth-order valence-electron chi connectivity index (χ4n) is 2.31. The van der Waals surface area contributed by atoms with Gasteiger partial charge in [0.1, 0.15) is 11.5 Å². The average molecular weight is 449 g/mol. The summed E-state index contributed by atoms with van der Waals surface area (Å²) in [5.74, 6) is -0.663. The minimum absolute atomic E-state index is 0.